The van der Waals surface area contributed by atoms with Gasteiger partial charge in [-0.15, -0.1) is 0 Å². The highest BCUT2D eigenvalue weighted by Gasteiger charge is 2.32. The minimum Gasteiger partial charge on any atom is -0.396 e. The molecule has 4 N–H and O–H groups in total. The average Bonchev–Trinajstić information content (AvgIpc) is 3.71. The lowest BCUT2D eigenvalue weighted by Crippen LogP contribution is -2.09. The predicted octanol–water partition coefficient (Wildman–Crippen LogP) is 1.59. The molecule has 0 bridgehead atoms. The fraction of sp³-hybridized carbons (Fsp3) is 0.500. The van der Waals surface area contributed by atoms with Crippen LogP contribution >= 0.6 is 0 Å². The van der Waals surface area contributed by atoms with Crippen molar-refractivity contribution in [3.05, 3.63) is 70.8 Å². The number of rotatable bonds is 10. The molecule has 0 radical (unpaired) electrons. The molecule has 2 heterocycles. The molecule has 2 aliphatic rings. The van der Waals surface area contributed by atoms with Crippen LogP contribution in [0.2, 0.25) is 0 Å². The molecule has 6 nitrogen and oxygen atoms in total. The molecule has 2 saturated heterocycles. The molecule has 2 fully saturated rings. The first kappa shape index (κ1) is 22.9. The maximum atomic E-state index is 9.20. The number of benzene rings is 2. The van der Waals surface area contributed by atoms with Crippen LogP contribution in [0.5, 0.6) is 0 Å². The average molecular weight is 417 g/mol. The number of hydrogen-bond donors (Lipinski definition) is 4. The lowest BCUT2D eigenvalue weighted by atomic mass is 9.95. The minimum absolute atomic E-state index is 0.0613. The summed E-state index contributed by atoms with van der Waals surface area (Å²) in [5.74, 6) is -0.450. The Hall–Kier alpha value is -1.80. The van der Waals surface area contributed by atoms with Crippen molar-refractivity contribution in [2.75, 3.05) is 39.6 Å². The Morgan fingerprint density at radius 1 is 0.633 bits per heavy atom. The van der Waals surface area contributed by atoms with Gasteiger partial charge in [0.25, 0.3) is 0 Å². The first-order chi connectivity index (χ1) is 14.7. The third-order valence-electron chi connectivity index (χ3n) is 5.52. The number of aliphatic hydroxyl groups is 4. The minimum atomic E-state index is -0.225. The van der Waals surface area contributed by atoms with Gasteiger partial charge < -0.3 is 29.9 Å². The Balaban J connectivity index is 0.000000302. The van der Waals surface area contributed by atoms with Crippen molar-refractivity contribution < 1.29 is 29.9 Å². The summed E-state index contributed by atoms with van der Waals surface area (Å²) < 4.78 is 9.96. The van der Waals surface area contributed by atoms with Gasteiger partial charge >= 0.3 is 0 Å². The van der Waals surface area contributed by atoms with Crippen molar-refractivity contribution in [2.24, 2.45) is 0 Å². The fourth-order valence-corrected chi connectivity index (χ4v) is 3.29. The number of ether oxygens (including phenoxy) is 2. The first-order valence-corrected chi connectivity index (χ1v) is 10.5. The van der Waals surface area contributed by atoms with Gasteiger partial charge in [0.05, 0.1) is 51.8 Å². The molecular weight excluding hydrogens is 384 g/mol. The van der Waals surface area contributed by atoms with Crippen molar-refractivity contribution in [1.82, 2.24) is 0 Å². The number of epoxide rings is 2. The van der Waals surface area contributed by atoms with Crippen molar-refractivity contribution in [3.8, 4) is 0 Å². The van der Waals surface area contributed by atoms with Crippen molar-refractivity contribution >= 4 is 0 Å². The van der Waals surface area contributed by atoms with Gasteiger partial charge in [0, 0.05) is 18.3 Å². The molecule has 0 saturated carbocycles. The van der Waals surface area contributed by atoms with E-state index in [1.807, 2.05) is 48.5 Å². The fourth-order valence-electron chi connectivity index (χ4n) is 3.29. The summed E-state index contributed by atoms with van der Waals surface area (Å²) in [5, 5.41) is 36.8. The zero-order valence-electron chi connectivity index (χ0n) is 17.2. The molecule has 164 valence electrons. The van der Waals surface area contributed by atoms with Crippen molar-refractivity contribution in [1.29, 1.82) is 0 Å². The molecule has 0 spiro atoms. The van der Waals surface area contributed by atoms with Crippen LogP contribution in [-0.4, -0.2) is 72.3 Å². The largest absolute Gasteiger partial charge is 0.396 e. The van der Waals surface area contributed by atoms with Crippen LogP contribution in [0.1, 0.15) is 40.5 Å². The second-order valence-corrected chi connectivity index (χ2v) is 7.93. The smallest absolute Gasteiger partial charge is 0.0835 e. The van der Waals surface area contributed by atoms with E-state index in [4.69, 9.17) is 9.47 Å². The molecule has 0 aliphatic carbocycles. The van der Waals surface area contributed by atoms with Crippen LogP contribution in [0.25, 0.3) is 0 Å². The quantitative estimate of drug-likeness (QED) is 0.438. The first-order valence-electron chi connectivity index (χ1n) is 10.5. The Morgan fingerprint density at radius 3 is 1.23 bits per heavy atom. The molecule has 4 rings (SSSR count). The van der Waals surface area contributed by atoms with Gasteiger partial charge in [0.2, 0.25) is 0 Å². The SMILES string of the molecule is C1OC1CC1CO1.OCC(CO)c1ccc(Cc2ccc(C(CO)CO)cc2)cc1. The second-order valence-electron chi connectivity index (χ2n) is 7.93. The Bertz CT molecular complexity index is 666. The van der Waals surface area contributed by atoms with Crippen LogP contribution < -0.4 is 0 Å². The maximum absolute atomic E-state index is 9.20. The van der Waals surface area contributed by atoms with Crippen LogP contribution in [0.3, 0.4) is 0 Å². The van der Waals surface area contributed by atoms with Gasteiger partial charge in [-0.1, -0.05) is 48.5 Å². The van der Waals surface area contributed by atoms with Gasteiger partial charge in [0.1, 0.15) is 0 Å². The second kappa shape index (κ2) is 11.6. The topological polar surface area (TPSA) is 106 Å². The highest BCUT2D eigenvalue weighted by molar-refractivity contribution is 5.32. The lowest BCUT2D eigenvalue weighted by Gasteiger charge is -2.13. The Kier molecular flexibility index (Phi) is 8.81. The van der Waals surface area contributed by atoms with Crippen LogP contribution in [0, 0.1) is 0 Å². The number of aliphatic hydroxyl groups excluding tert-OH is 4. The summed E-state index contributed by atoms with van der Waals surface area (Å²) >= 11 is 0. The van der Waals surface area contributed by atoms with Gasteiger partial charge in [0.15, 0.2) is 0 Å². The molecule has 30 heavy (non-hydrogen) atoms. The van der Waals surface area contributed by atoms with E-state index in [0.29, 0.717) is 12.2 Å². The molecule has 2 aliphatic heterocycles. The van der Waals surface area contributed by atoms with E-state index < -0.39 is 0 Å². The van der Waals surface area contributed by atoms with Crippen molar-refractivity contribution in [2.45, 2.75) is 36.9 Å². The van der Waals surface area contributed by atoms with Crippen LogP contribution in [0.4, 0.5) is 0 Å². The van der Waals surface area contributed by atoms with Gasteiger partial charge in [-0.2, -0.15) is 0 Å². The third kappa shape index (κ3) is 7.16. The highest BCUT2D eigenvalue weighted by Crippen LogP contribution is 2.23. The predicted molar refractivity (Wildman–Crippen MR) is 114 cm³/mol. The van der Waals surface area contributed by atoms with Crippen LogP contribution in [0.15, 0.2) is 48.5 Å². The third-order valence-corrected chi connectivity index (χ3v) is 5.52. The van der Waals surface area contributed by atoms with E-state index in [0.717, 1.165) is 48.3 Å². The zero-order valence-corrected chi connectivity index (χ0v) is 17.2. The van der Waals surface area contributed by atoms with Crippen molar-refractivity contribution in [3.63, 3.8) is 0 Å². The monoisotopic (exact) mass is 416 g/mol. The lowest BCUT2D eigenvalue weighted by molar-refractivity contribution is 0.192. The molecular formula is C24H32O6. The molecule has 2 unspecified atom stereocenters. The Morgan fingerprint density at radius 2 is 0.967 bits per heavy atom. The summed E-state index contributed by atoms with van der Waals surface area (Å²) in [6.45, 7) is 1.70. The van der Waals surface area contributed by atoms with E-state index in [9.17, 15) is 20.4 Å². The van der Waals surface area contributed by atoms with E-state index in [-0.39, 0.29) is 38.3 Å². The van der Waals surface area contributed by atoms with E-state index in [2.05, 4.69) is 0 Å². The molecule has 6 heteroatoms. The molecule has 0 aromatic heterocycles. The molecule has 2 aromatic carbocycles. The molecule has 0 amide bonds. The molecule has 2 atom stereocenters. The summed E-state index contributed by atoms with van der Waals surface area (Å²) in [4.78, 5) is 0. The van der Waals surface area contributed by atoms with E-state index in [1.54, 1.807) is 0 Å². The van der Waals surface area contributed by atoms with Crippen LogP contribution in [-0.2, 0) is 15.9 Å². The zero-order chi connectivity index (χ0) is 21.3. The van der Waals surface area contributed by atoms with Gasteiger partial charge in [-0.05, 0) is 28.7 Å². The number of hydrogen-bond acceptors (Lipinski definition) is 6. The van der Waals surface area contributed by atoms with E-state index >= 15 is 0 Å². The normalized spacial score (nSPS) is 19.5. The summed E-state index contributed by atoms with van der Waals surface area (Å²) in [5.41, 5.74) is 4.17. The van der Waals surface area contributed by atoms with Gasteiger partial charge in [-0.3, -0.25) is 0 Å². The summed E-state index contributed by atoms with van der Waals surface area (Å²) in [6, 6.07) is 15.8. The molecule has 2 aromatic rings. The summed E-state index contributed by atoms with van der Waals surface area (Å²) in [6.07, 6.45) is 3.05. The van der Waals surface area contributed by atoms with E-state index in [1.165, 1.54) is 0 Å². The Labute approximate surface area is 177 Å². The standard InChI is InChI=1S/C19H24O4.C5H8O2/c20-10-18(11-21)16-5-1-14(2-6-16)9-15-3-7-17(8-4-15)19(12-22)13-23;1(4-2-6-4)5-3-7-5/h1-8,18-23H,9-13H2;4-5H,1-3H2. The highest BCUT2D eigenvalue weighted by atomic mass is 16.6. The van der Waals surface area contributed by atoms with Gasteiger partial charge in [-0.25, -0.2) is 0 Å². The summed E-state index contributed by atoms with van der Waals surface area (Å²) in [7, 11) is 0. The maximum Gasteiger partial charge on any atom is 0.0835 e.